The van der Waals surface area contributed by atoms with Crippen LogP contribution in [0.15, 0.2) is 53.4 Å². The molecule has 0 fully saturated rings. The van der Waals surface area contributed by atoms with Gasteiger partial charge in [-0.2, -0.15) is 0 Å². The number of hydrogen-bond acceptors (Lipinski definition) is 5. The molecule has 0 aliphatic rings. The van der Waals surface area contributed by atoms with Gasteiger partial charge in [0.2, 0.25) is 0 Å². The van der Waals surface area contributed by atoms with Crippen molar-refractivity contribution in [3.63, 3.8) is 0 Å². The topological polar surface area (TPSA) is 118 Å². The van der Waals surface area contributed by atoms with Crippen LogP contribution in [0.1, 0.15) is 29.3 Å². The van der Waals surface area contributed by atoms with E-state index >= 15 is 0 Å². The summed E-state index contributed by atoms with van der Waals surface area (Å²) in [6.07, 6.45) is 1.81. The van der Waals surface area contributed by atoms with Gasteiger partial charge >= 0.3 is 0 Å². The van der Waals surface area contributed by atoms with Crippen molar-refractivity contribution in [3.8, 4) is 0 Å². The zero-order chi connectivity index (χ0) is 18.4. The lowest BCUT2D eigenvalue weighted by Crippen LogP contribution is -2.41. The van der Waals surface area contributed by atoms with E-state index < -0.39 is 20.9 Å². The summed E-state index contributed by atoms with van der Waals surface area (Å²) in [5.74, 6) is -0.721. The van der Waals surface area contributed by atoms with Crippen LogP contribution in [0.5, 0.6) is 0 Å². The van der Waals surface area contributed by atoms with E-state index in [0.29, 0.717) is 0 Å². The Morgan fingerprint density at radius 3 is 2.20 bits per heavy atom. The Kier molecular flexibility index (Phi) is 5.84. The standard InChI is InChI=1S/C16H17N3O5S/c1-2-3-12-4-10-15(11-5-12)25(23,24)18-17-16(20)13-6-8-14(9-7-13)19(21)22/h4-11,18H,2-3H2,1H3,(H,17,20). The van der Waals surface area contributed by atoms with Gasteiger partial charge in [0.05, 0.1) is 9.82 Å². The smallest absolute Gasteiger partial charge is 0.269 e. The van der Waals surface area contributed by atoms with Gasteiger partial charge in [0.25, 0.3) is 21.6 Å². The molecule has 2 aromatic rings. The van der Waals surface area contributed by atoms with Gasteiger partial charge in [0, 0.05) is 17.7 Å². The third-order valence-corrected chi connectivity index (χ3v) is 4.68. The number of nitro benzene ring substituents is 1. The van der Waals surface area contributed by atoms with Crippen molar-refractivity contribution in [2.45, 2.75) is 24.7 Å². The minimum atomic E-state index is -3.91. The molecule has 0 unspecified atom stereocenters. The van der Waals surface area contributed by atoms with E-state index in [0.717, 1.165) is 30.5 Å². The van der Waals surface area contributed by atoms with Crippen molar-refractivity contribution >= 4 is 21.6 Å². The molecule has 0 saturated heterocycles. The number of non-ortho nitro benzene ring substituents is 1. The highest BCUT2D eigenvalue weighted by molar-refractivity contribution is 7.89. The fourth-order valence-electron chi connectivity index (χ4n) is 2.10. The Morgan fingerprint density at radius 1 is 1.08 bits per heavy atom. The molecule has 0 radical (unpaired) electrons. The minimum absolute atomic E-state index is 0.0244. The van der Waals surface area contributed by atoms with Crippen LogP contribution in [0.4, 0.5) is 5.69 Å². The fourth-order valence-corrected chi connectivity index (χ4v) is 2.94. The number of hydrogen-bond donors (Lipinski definition) is 2. The number of nitrogens with one attached hydrogen (secondary N) is 2. The molecule has 1 amide bonds. The van der Waals surface area contributed by atoms with Gasteiger partial charge in [-0.15, -0.1) is 4.83 Å². The second-order valence-electron chi connectivity index (χ2n) is 5.26. The highest BCUT2D eigenvalue weighted by atomic mass is 32.2. The van der Waals surface area contributed by atoms with Gasteiger partial charge in [-0.05, 0) is 36.2 Å². The first kappa shape index (κ1) is 18.6. The predicted molar refractivity (Wildman–Crippen MR) is 91.3 cm³/mol. The molecule has 0 atom stereocenters. The van der Waals surface area contributed by atoms with Crippen LogP contribution in [-0.4, -0.2) is 19.2 Å². The molecule has 8 nitrogen and oxygen atoms in total. The van der Waals surface area contributed by atoms with Gasteiger partial charge in [0.15, 0.2) is 0 Å². The average molecular weight is 363 g/mol. The summed E-state index contributed by atoms with van der Waals surface area (Å²) >= 11 is 0. The van der Waals surface area contributed by atoms with Gasteiger partial charge in [-0.25, -0.2) is 8.42 Å². The van der Waals surface area contributed by atoms with Crippen molar-refractivity contribution in [3.05, 3.63) is 69.8 Å². The predicted octanol–water partition coefficient (Wildman–Crippen LogP) is 2.17. The van der Waals surface area contributed by atoms with Crippen molar-refractivity contribution in [2.75, 3.05) is 0 Å². The first-order valence-electron chi connectivity index (χ1n) is 7.49. The Morgan fingerprint density at radius 2 is 1.68 bits per heavy atom. The van der Waals surface area contributed by atoms with Crippen molar-refractivity contribution < 1.29 is 18.1 Å². The lowest BCUT2D eigenvalue weighted by Gasteiger charge is -2.09. The monoisotopic (exact) mass is 363 g/mol. The zero-order valence-electron chi connectivity index (χ0n) is 13.4. The second kappa shape index (κ2) is 7.86. The van der Waals surface area contributed by atoms with Crippen LogP contribution >= 0.6 is 0 Å². The van der Waals surface area contributed by atoms with Crippen molar-refractivity contribution in [2.24, 2.45) is 0 Å². The second-order valence-corrected chi connectivity index (χ2v) is 6.94. The molecule has 2 aromatic carbocycles. The van der Waals surface area contributed by atoms with E-state index in [9.17, 15) is 23.3 Å². The molecule has 0 bridgehead atoms. The molecule has 25 heavy (non-hydrogen) atoms. The maximum Gasteiger partial charge on any atom is 0.269 e. The summed E-state index contributed by atoms with van der Waals surface area (Å²) in [7, 11) is -3.91. The Hall–Kier alpha value is -2.78. The van der Waals surface area contributed by atoms with Crippen molar-refractivity contribution in [1.82, 2.24) is 10.3 Å². The molecule has 132 valence electrons. The molecule has 0 saturated carbocycles. The minimum Gasteiger partial charge on any atom is -0.273 e. The van der Waals surface area contributed by atoms with E-state index in [1.807, 2.05) is 11.8 Å². The van der Waals surface area contributed by atoms with Gasteiger partial charge in [0.1, 0.15) is 0 Å². The van der Waals surface area contributed by atoms with Crippen LogP contribution in [-0.2, 0) is 16.4 Å². The third kappa shape index (κ3) is 4.85. The number of sulfonamides is 1. The van der Waals surface area contributed by atoms with Crippen molar-refractivity contribution in [1.29, 1.82) is 0 Å². The number of aryl methyl sites for hydroxylation is 1. The molecule has 2 N–H and O–H groups in total. The molecule has 0 spiro atoms. The van der Waals surface area contributed by atoms with Gasteiger partial charge < -0.3 is 0 Å². The first-order valence-corrected chi connectivity index (χ1v) is 8.97. The molecule has 9 heteroatoms. The van der Waals surface area contributed by atoms with Crippen LogP contribution in [0, 0.1) is 10.1 Å². The molecule has 0 heterocycles. The lowest BCUT2D eigenvalue weighted by atomic mass is 10.1. The number of rotatable bonds is 7. The molecular formula is C16H17N3O5S. The van der Waals surface area contributed by atoms with Crippen LogP contribution in [0.2, 0.25) is 0 Å². The van der Waals surface area contributed by atoms with E-state index in [1.54, 1.807) is 12.1 Å². The quantitative estimate of drug-likeness (QED) is 0.577. The summed E-state index contributed by atoms with van der Waals surface area (Å²) in [4.78, 5) is 23.9. The number of nitrogens with zero attached hydrogens (tertiary/aromatic N) is 1. The maximum absolute atomic E-state index is 12.2. The summed E-state index contributed by atoms with van der Waals surface area (Å²) in [6.45, 7) is 2.03. The number of benzene rings is 2. The lowest BCUT2D eigenvalue weighted by molar-refractivity contribution is -0.384. The van der Waals surface area contributed by atoms with E-state index in [2.05, 4.69) is 5.43 Å². The zero-order valence-corrected chi connectivity index (χ0v) is 14.2. The first-order chi connectivity index (χ1) is 11.8. The number of amides is 1. The van der Waals surface area contributed by atoms with Crippen LogP contribution < -0.4 is 10.3 Å². The van der Waals surface area contributed by atoms with Gasteiger partial charge in [-0.1, -0.05) is 25.5 Å². The third-order valence-electron chi connectivity index (χ3n) is 3.41. The van der Waals surface area contributed by atoms with Gasteiger partial charge in [-0.3, -0.25) is 20.3 Å². The average Bonchev–Trinajstić information content (AvgIpc) is 2.60. The molecule has 0 aliphatic carbocycles. The number of nitro groups is 1. The number of carbonyl (C=O) groups excluding carboxylic acids is 1. The molecular weight excluding hydrogens is 346 g/mol. The molecule has 0 aliphatic heterocycles. The highest BCUT2D eigenvalue weighted by Gasteiger charge is 2.16. The number of carbonyl (C=O) groups is 1. The molecule has 0 aromatic heterocycles. The normalized spacial score (nSPS) is 11.1. The van der Waals surface area contributed by atoms with E-state index in [1.165, 1.54) is 24.3 Å². The van der Waals surface area contributed by atoms with Crippen LogP contribution in [0.25, 0.3) is 0 Å². The Bertz CT molecular complexity index is 862. The summed E-state index contributed by atoms with van der Waals surface area (Å²) in [5, 5.41) is 10.6. The SMILES string of the molecule is CCCc1ccc(S(=O)(=O)NNC(=O)c2ccc([N+](=O)[O-])cc2)cc1. The summed E-state index contributed by atoms with van der Waals surface area (Å²) in [6, 6.07) is 11.2. The number of hydrazine groups is 1. The maximum atomic E-state index is 12.2. The van der Waals surface area contributed by atoms with E-state index in [-0.39, 0.29) is 16.1 Å². The Labute approximate surface area is 145 Å². The van der Waals surface area contributed by atoms with E-state index in [4.69, 9.17) is 0 Å². The summed E-state index contributed by atoms with van der Waals surface area (Å²) in [5.41, 5.74) is 3.03. The molecule has 2 rings (SSSR count). The van der Waals surface area contributed by atoms with Crippen LogP contribution in [0.3, 0.4) is 0 Å². The largest absolute Gasteiger partial charge is 0.273 e. The Balaban J connectivity index is 2.03. The fraction of sp³-hybridized carbons (Fsp3) is 0.188. The highest BCUT2D eigenvalue weighted by Crippen LogP contribution is 2.13. The summed E-state index contributed by atoms with van der Waals surface area (Å²) < 4.78 is 24.3.